The fraction of sp³-hybridized carbons (Fsp3) is 0.0435. The molecule has 0 saturated carbocycles. The maximum Gasteiger partial charge on any atom is 0.261 e. The normalized spacial score (nSPS) is 11.2. The highest BCUT2D eigenvalue weighted by Gasteiger charge is 2.17. The molecule has 1 aromatic heterocycles. The van der Waals surface area contributed by atoms with E-state index >= 15 is 0 Å². The van der Waals surface area contributed by atoms with Gasteiger partial charge in [0.25, 0.3) is 5.91 Å². The molecule has 0 saturated heterocycles. The molecule has 3 rings (SSSR count). The second kappa shape index (κ2) is 8.48. The molecule has 29 heavy (non-hydrogen) atoms. The number of benzene rings is 2. The molecule has 2 aromatic carbocycles. The van der Waals surface area contributed by atoms with E-state index < -0.39 is 23.1 Å². The second-order valence-electron chi connectivity index (χ2n) is 6.30. The van der Waals surface area contributed by atoms with Crippen LogP contribution in [0.2, 0.25) is 0 Å². The molecule has 0 unspecified atom stereocenters. The molecule has 0 aliphatic carbocycles. The summed E-state index contributed by atoms with van der Waals surface area (Å²) < 4.78 is 27.5. The minimum absolute atomic E-state index is 0.0806. The zero-order valence-corrected chi connectivity index (χ0v) is 15.6. The third-order valence-corrected chi connectivity index (χ3v) is 4.30. The number of nitrogens with zero attached hydrogens (tertiary/aromatic N) is 1. The molecule has 2 N–H and O–H groups in total. The average Bonchev–Trinajstić information content (AvgIpc) is 2.69. The largest absolute Gasteiger partial charge is 0.507 e. The Kier molecular flexibility index (Phi) is 5.83. The van der Waals surface area contributed by atoms with Gasteiger partial charge in [-0.25, -0.2) is 8.78 Å². The third kappa shape index (κ3) is 4.38. The minimum Gasteiger partial charge on any atom is -0.507 e. The highest BCUT2D eigenvalue weighted by Crippen LogP contribution is 2.26. The summed E-state index contributed by atoms with van der Waals surface area (Å²) in [4.78, 5) is 16.5. The van der Waals surface area contributed by atoms with Crippen molar-refractivity contribution < 1.29 is 18.7 Å². The lowest BCUT2D eigenvalue weighted by atomic mass is 10.0. The van der Waals surface area contributed by atoms with Gasteiger partial charge < -0.3 is 10.4 Å². The van der Waals surface area contributed by atoms with E-state index in [1.165, 1.54) is 24.4 Å². The van der Waals surface area contributed by atoms with Crippen molar-refractivity contribution in [1.29, 1.82) is 0 Å². The molecule has 0 spiro atoms. The van der Waals surface area contributed by atoms with Crippen LogP contribution in [-0.4, -0.2) is 16.0 Å². The fourth-order valence-electron chi connectivity index (χ4n) is 2.80. The molecule has 0 atom stereocenters. The van der Waals surface area contributed by atoms with Crippen LogP contribution in [-0.2, 0) is 0 Å². The van der Waals surface area contributed by atoms with Gasteiger partial charge in [0, 0.05) is 11.1 Å². The molecule has 0 aliphatic heterocycles. The van der Waals surface area contributed by atoms with Crippen molar-refractivity contribution in [3.63, 3.8) is 0 Å². The van der Waals surface area contributed by atoms with E-state index in [1.807, 2.05) is 13.0 Å². The number of amides is 1. The first kappa shape index (κ1) is 19.9. The molecule has 0 fully saturated rings. The van der Waals surface area contributed by atoms with Crippen LogP contribution in [0.25, 0.3) is 17.0 Å². The lowest BCUT2D eigenvalue weighted by molar-refractivity contribution is 0.101. The van der Waals surface area contributed by atoms with E-state index in [0.717, 1.165) is 23.3 Å². The summed E-state index contributed by atoms with van der Waals surface area (Å²) in [6.07, 6.45) is 4.38. The summed E-state index contributed by atoms with van der Waals surface area (Å²) in [5, 5.41) is 12.5. The van der Waals surface area contributed by atoms with Crippen LogP contribution in [0.3, 0.4) is 0 Å². The quantitative estimate of drug-likeness (QED) is 0.434. The Morgan fingerprint density at radius 3 is 2.48 bits per heavy atom. The van der Waals surface area contributed by atoms with E-state index in [1.54, 1.807) is 24.3 Å². The molecule has 6 heteroatoms. The van der Waals surface area contributed by atoms with Gasteiger partial charge >= 0.3 is 0 Å². The number of allylic oxidation sites excluding steroid dienone is 2. The summed E-state index contributed by atoms with van der Waals surface area (Å²) in [6, 6.07) is 11.9. The molecule has 3 aromatic rings. The number of rotatable bonds is 5. The van der Waals surface area contributed by atoms with Crippen molar-refractivity contribution in [3.05, 3.63) is 102 Å². The number of aryl methyl sites for hydroxylation is 1. The van der Waals surface area contributed by atoms with Crippen LogP contribution in [0.1, 0.15) is 21.5 Å². The maximum atomic E-state index is 13.7. The molecule has 0 aliphatic rings. The molecule has 4 nitrogen and oxygen atoms in total. The van der Waals surface area contributed by atoms with Crippen molar-refractivity contribution in [3.8, 4) is 11.3 Å². The molecule has 1 amide bonds. The first-order valence-electron chi connectivity index (χ1n) is 8.75. The number of anilines is 1. The molecule has 1 heterocycles. The van der Waals surface area contributed by atoms with Gasteiger partial charge in [-0.2, -0.15) is 0 Å². The van der Waals surface area contributed by atoms with Crippen LogP contribution >= 0.6 is 0 Å². The van der Waals surface area contributed by atoms with Crippen molar-refractivity contribution in [2.45, 2.75) is 6.92 Å². The average molecular weight is 392 g/mol. The number of pyridine rings is 1. The van der Waals surface area contributed by atoms with E-state index in [2.05, 4.69) is 16.9 Å². The molecular formula is C23H18F2N2O2. The topological polar surface area (TPSA) is 62.2 Å². The first-order chi connectivity index (χ1) is 13.9. The lowest BCUT2D eigenvalue weighted by Gasteiger charge is -2.10. The number of carbonyl (C=O) groups is 1. The monoisotopic (exact) mass is 392 g/mol. The van der Waals surface area contributed by atoms with Crippen LogP contribution in [0.15, 0.2) is 73.5 Å². The fourth-order valence-corrected chi connectivity index (χ4v) is 2.80. The summed E-state index contributed by atoms with van der Waals surface area (Å²) in [7, 11) is 0. The Morgan fingerprint density at radius 2 is 1.86 bits per heavy atom. The highest BCUT2D eigenvalue weighted by molar-refractivity contribution is 6.04. The lowest BCUT2D eigenvalue weighted by Crippen LogP contribution is -2.15. The van der Waals surface area contributed by atoms with Crippen LogP contribution in [0, 0.1) is 18.6 Å². The van der Waals surface area contributed by atoms with E-state index in [4.69, 9.17) is 0 Å². The standard InChI is InChI=1S/C23H18F2N2O2/c1-3-5-21(28)15-9-8-14(2)17(12-15)20-11-10-16(13-26-20)27-23(29)22-18(24)6-4-7-19(22)25/h3-13,28H,1H2,2H3,(H,27,29)/b21-5-. The first-order valence-corrected chi connectivity index (χ1v) is 8.75. The van der Waals surface area contributed by atoms with Crippen molar-refractivity contribution >= 4 is 17.4 Å². The second-order valence-corrected chi connectivity index (χ2v) is 6.30. The number of aliphatic hydroxyl groups is 1. The summed E-state index contributed by atoms with van der Waals surface area (Å²) in [5.74, 6) is -2.69. The summed E-state index contributed by atoms with van der Waals surface area (Å²) in [5.41, 5.74) is 2.61. The summed E-state index contributed by atoms with van der Waals surface area (Å²) >= 11 is 0. The molecule has 0 radical (unpaired) electrons. The predicted molar refractivity (Wildman–Crippen MR) is 110 cm³/mol. The number of halogens is 2. The molecule has 0 bridgehead atoms. The zero-order chi connectivity index (χ0) is 21.0. The highest BCUT2D eigenvalue weighted by atomic mass is 19.1. The van der Waals surface area contributed by atoms with Crippen LogP contribution in [0.4, 0.5) is 14.5 Å². The van der Waals surface area contributed by atoms with Gasteiger partial charge in [0.1, 0.15) is 23.0 Å². The number of hydrogen-bond donors (Lipinski definition) is 2. The Morgan fingerprint density at radius 1 is 1.14 bits per heavy atom. The zero-order valence-electron chi connectivity index (χ0n) is 15.6. The Bertz CT molecular complexity index is 1090. The SMILES string of the molecule is C=C/C=C(\O)c1ccc(C)c(-c2ccc(NC(=O)c3c(F)cccc3F)cn2)c1. The van der Waals surface area contributed by atoms with Crippen molar-refractivity contribution in [2.24, 2.45) is 0 Å². The van der Waals surface area contributed by atoms with Gasteiger partial charge in [0.15, 0.2) is 0 Å². The van der Waals surface area contributed by atoms with Gasteiger partial charge in [-0.05, 0) is 48.9 Å². The summed E-state index contributed by atoms with van der Waals surface area (Å²) in [6.45, 7) is 5.47. The smallest absolute Gasteiger partial charge is 0.261 e. The number of nitrogens with one attached hydrogen (secondary N) is 1. The third-order valence-electron chi connectivity index (χ3n) is 4.30. The Labute approximate surface area is 166 Å². The predicted octanol–water partition coefficient (Wildman–Crippen LogP) is 5.67. The van der Waals surface area contributed by atoms with Gasteiger partial charge in [0.05, 0.1) is 17.6 Å². The van der Waals surface area contributed by atoms with Crippen molar-refractivity contribution in [1.82, 2.24) is 4.98 Å². The van der Waals surface area contributed by atoms with Gasteiger partial charge in [0.2, 0.25) is 0 Å². The van der Waals surface area contributed by atoms with E-state index in [-0.39, 0.29) is 5.76 Å². The van der Waals surface area contributed by atoms with Gasteiger partial charge in [-0.3, -0.25) is 9.78 Å². The van der Waals surface area contributed by atoms with E-state index in [9.17, 15) is 18.7 Å². The van der Waals surface area contributed by atoms with Crippen LogP contribution < -0.4 is 5.32 Å². The maximum absolute atomic E-state index is 13.7. The minimum atomic E-state index is -0.938. The van der Waals surface area contributed by atoms with Crippen LogP contribution in [0.5, 0.6) is 0 Å². The molecule has 146 valence electrons. The number of carbonyl (C=O) groups excluding carboxylic acids is 1. The van der Waals surface area contributed by atoms with Gasteiger partial charge in [-0.1, -0.05) is 30.9 Å². The number of aromatic nitrogens is 1. The number of aliphatic hydroxyl groups excluding tert-OH is 1. The molecular weight excluding hydrogens is 374 g/mol. The Hall–Kier alpha value is -3.80. The van der Waals surface area contributed by atoms with Gasteiger partial charge in [-0.15, -0.1) is 0 Å². The Balaban J connectivity index is 1.86. The van der Waals surface area contributed by atoms with Crippen molar-refractivity contribution in [2.75, 3.05) is 5.32 Å². The number of hydrogen-bond acceptors (Lipinski definition) is 3. The van der Waals surface area contributed by atoms with E-state index in [0.29, 0.717) is 16.9 Å².